The Morgan fingerprint density at radius 1 is 1.06 bits per heavy atom. The summed E-state index contributed by atoms with van der Waals surface area (Å²) >= 11 is 0. The van der Waals surface area contributed by atoms with E-state index in [1.54, 1.807) is 36.2 Å². The Morgan fingerprint density at radius 3 is 2.49 bits per heavy atom. The van der Waals surface area contributed by atoms with Gasteiger partial charge in [0, 0.05) is 62.4 Å². The lowest BCUT2D eigenvalue weighted by atomic mass is 10.1. The maximum atomic E-state index is 14.6. The average molecular weight is 641 g/mol. The molecule has 2 aromatic carbocycles. The number of aryl methyl sites for hydroxylation is 2. The average Bonchev–Trinajstić information content (AvgIpc) is 3.51. The molecule has 0 radical (unpaired) electrons. The fourth-order valence-corrected chi connectivity index (χ4v) is 6.22. The number of urea groups is 1. The van der Waals surface area contributed by atoms with Crippen molar-refractivity contribution in [1.82, 2.24) is 29.5 Å². The molecule has 13 heteroatoms. The third-order valence-corrected chi connectivity index (χ3v) is 8.79. The van der Waals surface area contributed by atoms with Gasteiger partial charge in [0.05, 0.1) is 43.5 Å². The molecule has 0 aliphatic carbocycles. The molecule has 2 amide bonds. The van der Waals surface area contributed by atoms with Gasteiger partial charge in [-0.15, -0.1) is 0 Å². The van der Waals surface area contributed by atoms with Crippen LogP contribution in [0.5, 0.6) is 5.75 Å². The highest BCUT2D eigenvalue weighted by atomic mass is 16.5. The number of methoxy groups -OCH3 is 1. The minimum Gasteiger partial charge on any atom is -0.494 e. The SMILES string of the molecule is COc1cc(N2CCN(C(C)O)CC2)ccc1N1C(=O)N(c2c(C)cccc2C)Cc2cnc(Nc3cnn(CCN(C)C)c3)nc21. The van der Waals surface area contributed by atoms with Crippen molar-refractivity contribution in [2.45, 2.75) is 40.1 Å². The number of aromatic nitrogens is 4. The molecule has 2 aromatic heterocycles. The van der Waals surface area contributed by atoms with Crippen LogP contribution in [0.25, 0.3) is 0 Å². The quantitative estimate of drug-likeness (QED) is 0.259. The van der Waals surface area contributed by atoms with Crippen LogP contribution in [0.1, 0.15) is 23.6 Å². The topological polar surface area (TPSA) is 118 Å². The molecular weight excluding hydrogens is 596 g/mol. The first-order valence-electron chi connectivity index (χ1n) is 16.0. The normalized spacial score (nSPS) is 16.1. The minimum absolute atomic E-state index is 0.229. The van der Waals surface area contributed by atoms with Crippen LogP contribution in [0.4, 0.5) is 39.3 Å². The van der Waals surface area contributed by atoms with Crippen LogP contribution in [0.2, 0.25) is 0 Å². The fraction of sp³-hybridized carbons (Fsp3) is 0.412. The van der Waals surface area contributed by atoms with Gasteiger partial charge in [-0.05, 0) is 58.1 Å². The first-order chi connectivity index (χ1) is 22.6. The smallest absolute Gasteiger partial charge is 0.335 e. The molecule has 0 spiro atoms. The zero-order chi connectivity index (χ0) is 33.2. The molecule has 1 fully saturated rings. The summed E-state index contributed by atoms with van der Waals surface area (Å²) in [5.74, 6) is 1.41. The number of hydrogen-bond acceptors (Lipinski definition) is 10. The Labute approximate surface area is 276 Å². The Morgan fingerprint density at radius 2 is 1.81 bits per heavy atom. The highest BCUT2D eigenvalue weighted by Crippen LogP contribution is 2.43. The van der Waals surface area contributed by atoms with Crippen molar-refractivity contribution in [2.24, 2.45) is 0 Å². The largest absolute Gasteiger partial charge is 0.494 e. The molecule has 4 aromatic rings. The lowest BCUT2D eigenvalue weighted by Gasteiger charge is -2.39. The zero-order valence-electron chi connectivity index (χ0n) is 28.0. The van der Waals surface area contributed by atoms with E-state index in [4.69, 9.17) is 9.72 Å². The number of piperazine rings is 1. The summed E-state index contributed by atoms with van der Waals surface area (Å²) in [6, 6.07) is 11.7. The van der Waals surface area contributed by atoms with Crippen molar-refractivity contribution in [3.63, 3.8) is 0 Å². The summed E-state index contributed by atoms with van der Waals surface area (Å²) in [5, 5.41) is 17.7. The van der Waals surface area contributed by atoms with Gasteiger partial charge in [-0.25, -0.2) is 14.7 Å². The maximum absolute atomic E-state index is 14.6. The number of carbonyl (C=O) groups is 1. The van der Waals surface area contributed by atoms with Crippen molar-refractivity contribution >= 4 is 40.5 Å². The summed E-state index contributed by atoms with van der Waals surface area (Å²) < 4.78 is 7.82. The van der Waals surface area contributed by atoms with Crippen LogP contribution in [-0.2, 0) is 13.1 Å². The van der Waals surface area contributed by atoms with Crippen LogP contribution in [0.3, 0.4) is 0 Å². The number of para-hydroxylation sites is 1. The molecule has 1 atom stereocenters. The zero-order valence-corrected chi connectivity index (χ0v) is 28.0. The molecule has 2 aliphatic heterocycles. The lowest BCUT2D eigenvalue weighted by Crippen LogP contribution is -2.49. The van der Waals surface area contributed by atoms with E-state index in [1.165, 1.54) is 0 Å². The lowest BCUT2D eigenvalue weighted by molar-refractivity contribution is 0.0153. The Bertz CT molecular complexity index is 1710. The number of aliphatic hydroxyl groups excluding tert-OH is 1. The van der Waals surface area contributed by atoms with E-state index in [9.17, 15) is 9.90 Å². The molecule has 4 heterocycles. The van der Waals surface area contributed by atoms with Crippen molar-refractivity contribution in [1.29, 1.82) is 0 Å². The van der Waals surface area contributed by atoms with Crippen LogP contribution in [0.15, 0.2) is 55.0 Å². The van der Waals surface area contributed by atoms with Crippen LogP contribution >= 0.6 is 0 Å². The van der Waals surface area contributed by atoms with E-state index in [1.807, 2.05) is 80.1 Å². The van der Waals surface area contributed by atoms with Crippen LogP contribution in [-0.4, -0.2) is 101 Å². The summed E-state index contributed by atoms with van der Waals surface area (Å²) in [7, 11) is 5.67. The third-order valence-electron chi connectivity index (χ3n) is 8.79. The first kappa shape index (κ1) is 32.2. The second-order valence-electron chi connectivity index (χ2n) is 12.4. The second kappa shape index (κ2) is 13.6. The minimum atomic E-state index is -0.472. The van der Waals surface area contributed by atoms with E-state index < -0.39 is 6.23 Å². The van der Waals surface area contributed by atoms with Crippen LogP contribution in [0, 0.1) is 13.8 Å². The first-order valence-corrected chi connectivity index (χ1v) is 16.0. The fourth-order valence-electron chi connectivity index (χ4n) is 6.22. The molecule has 2 N–H and O–H groups in total. The number of fused-ring (bicyclic) bond motifs is 1. The van der Waals surface area contributed by atoms with Crippen molar-refractivity contribution in [3.05, 3.63) is 71.7 Å². The molecule has 6 rings (SSSR count). The molecule has 248 valence electrons. The molecule has 2 aliphatic rings. The molecule has 0 saturated carbocycles. The van der Waals surface area contributed by atoms with Gasteiger partial charge < -0.3 is 25.0 Å². The van der Waals surface area contributed by atoms with E-state index in [2.05, 4.69) is 25.2 Å². The molecule has 0 bridgehead atoms. The number of likely N-dealkylation sites (N-methyl/N-ethyl adjacent to an activating group) is 1. The van der Waals surface area contributed by atoms with Gasteiger partial charge in [-0.1, -0.05) is 18.2 Å². The number of aliphatic hydroxyl groups is 1. The number of ether oxygens (including phenoxy) is 1. The number of nitrogens with one attached hydrogen (secondary N) is 1. The number of carbonyl (C=O) groups excluding carboxylic acids is 1. The van der Waals surface area contributed by atoms with E-state index >= 15 is 0 Å². The Hall–Kier alpha value is -4.72. The third kappa shape index (κ3) is 6.73. The summed E-state index contributed by atoms with van der Waals surface area (Å²) in [4.78, 5) is 34.0. The van der Waals surface area contributed by atoms with E-state index in [0.717, 1.165) is 73.0 Å². The van der Waals surface area contributed by atoms with Crippen molar-refractivity contribution in [2.75, 3.05) is 73.9 Å². The van der Waals surface area contributed by atoms with Gasteiger partial charge in [-0.2, -0.15) is 10.1 Å². The Kier molecular flexibility index (Phi) is 9.30. The van der Waals surface area contributed by atoms with Gasteiger partial charge in [0.2, 0.25) is 5.95 Å². The van der Waals surface area contributed by atoms with Gasteiger partial charge >= 0.3 is 6.03 Å². The van der Waals surface area contributed by atoms with Gasteiger partial charge in [0.25, 0.3) is 0 Å². The van der Waals surface area contributed by atoms with Crippen molar-refractivity contribution < 1.29 is 14.6 Å². The molecule has 1 unspecified atom stereocenters. The molecule has 13 nitrogen and oxygen atoms in total. The maximum Gasteiger partial charge on any atom is 0.335 e. The van der Waals surface area contributed by atoms with Gasteiger partial charge in [0.1, 0.15) is 12.0 Å². The summed E-state index contributed by atoms with van der Waals surface area (Å²) in [6.45, 7) is 10.8. The van der Waals surface area contributed by atoms with Crippen LogP contribution < -0.4 is 24.8 Å². The summed E-state index contributed by atoms with van der Waals surface area (Å²) in [6.07, 6.45) is 4.97. The second-order valence-corrected chi connectivity index (χ2v) is 12.4. The highest BCUT2D eigenvalue weighted by molar-refractivity contribution is 6.11. The van der Waals surface area contributed by atoms with Gasteiger partial charge in [-0.3, -0.25) is 14.5 Å². The molecular formula is C34H44N10O3. The predicted octanol–water partition coefficient (Wildman–Crippen LogP) is 4.34. The standard InChI is InChI=1S/C34H44N10O3/c1-23-8-7-9-24(2)31(23)43-21-26-19-35-33(37-27-20-36-42(22-27)17-12-39(4)5)38-32(26)44(34(43)46)29-11-10-28(18-30(29)47-6)41-15-13-40(14-16-41)25(3)45/h7-11,18-20,22,25,45H,12-17,21H2,1-6H3,(H,35,37,38). The van der Waals surface area contributed by atoms with Gasteiger partial charge in [0.15, 0.2) is 5.82 Å². The number of anilines is 6. The number of benzene rings is 2. The Balaban J connectivity index is 1.37. The van der Waals surface area contributed by atoms with E-state index in [0.29, 0.717) is 29.7 Å². The van der Waals surface area contributed by atoms with E-state index in [-0.39, 0.29) is 6.03 Å². The molecule has 1 saturated heterocycles. The number of nitrogens with zero attached hydrogens (tertiary/aromatic N) is 9. The highest BCUT2D eigenvalue weighted by Gasteiger charge is 2.37. The number of amides is 2. The molecule has 47 heavy (non-hydrogen) atoms. The predicted molar refractivity (Wildman–Crippen MR) is 184 cm³/mol. The monoisotopic (exact) mass is 640 g/mol. The summed E-state index contributed by atoms with van der Waals surface area (Å²) in [5.41, 5.74) is 6.02. The van der Waals surface area contributed by atoms with Crippen molar-refractivity contribution in [3.8, 4) is 5.75 Å². The number of hydrogen-bond donors (Lipinski definition) is 2. The number of rotatable bonds is 10.